The van der Waals surface area contributed by atoms with Crippen molar-refractivity contribution in [3.63, 3.8) is 0 Å². The molecule has 122 valence electrons. The monoisotopic (exact) mass is 337 g/mol. The van der Waals surface area contributed by atoms with Crippen LogP contribution in [0.15, 0.2) is 53.4 Å². The Kier molecular flexibility index (Phi) is 4.21. The molecule has 1 aliphatic carbocycles. The van der Waals surface area contributed by atoms with Crippen LogP contribution in [0.1, 0.15) is 24.8 Å². The van der Waals surface area contributed by atoms with Gasteiger partial charge in [-0.3, -0.25) is 0 Å². The quantitative estimate of drug-likeness (QED) is 0.909. The highest BCUT2D eigenvalue weighted by atomic mass is 32.2. The van der Waals surface area contributed by atoms with E-state index in [1.807, 2.05) is 30.3 Å². The number of halogens is 2. The summed E-state index contributed by atoms with van der Waals surface area (Å²) in [5.41, 5.74) is 0.832. The van der Waals surface area contributed by atoms with Gasteiger partial charge in [0.1, 0.15) is 16.5 Å². The van der Waals surface area contributed by atoms with Crippen LogP contribution in [0, 0.1) is 11.6 Å². The molecule has 0 heterocycles. The van der Waals surface area contributed by atoms with E-state index >= 15 is 0 Å². The van der Waals surface area contributed by atoms with Gasteiger partial charge in [-0.05, 0) is 30.5 Å². The maximum absolute atomic E-state index is 13.7. The fourth-order valence-electron chi connectivity index (χ4n) is 2.97. The fraction of sp³-hybridized carbons (Fsp3) is 0.294. The van der Waals surface area contributed by atoms with Gasteiger partial charge in [0.2, 0.25) is 10.0 Å². The van der Waals surface area contributed by atoms with Crippen LogP contribution < -0.4 is 4.72 Å². The molecule has 2 aromatic carbocycles. The minimum atomic E-state index is -4.02. The summed E-state index contributed by atoms with van der Waals surface area (Å²) in [4.78, 5) is -0.526. The van der Waals surface area contributed by atoms with Crippen LogP contribution in [0.4, 0.5) is 8.78 Å². The molecule has 23 heavy (non-hydrogen) atoms. The predicted octanol–water partition coefficient (Wildman–Crippen LogP) is 3.37. The van der Waals surface area contributed by atoms with Crippen molar-refractivity contribution in [2.75, 3.05) is 6.54 Å². The Balaban J connectivity index is 1.81. The topological polar surface area (TPSA) is 46.2 Å². The minimum absolute atomic E-state index is 0.205. The minimum Gasteiger partial charge on any atom is -0.210 e. The van der Waals surface area contributed by atoms with Crippen molar-refractivity contribution in [3.8, 4) is 0 Å². The molecule has 1 saturated carbocycles. The van der Waals surface area contributed by atoms with Crippen molar-refractivity contribution in [1.29, 1.82) is 0 Å². The Morgan fingerprint density at radius 3 is 2.30 bits per heavy atom. The van der Waals surface area contributed by atoms with Gasteiger partial charge in [0.25, 0.3) is 0 Å². The van der Waals surface area contributed by atoms with Gasteiger partial charge < -0.3 is 0 Å². The van der Waals surface area contributed by atoms with E-state index in [1.165, 1.54) is 0 Å². The Morgan fingerprint density at radius 2 is 1.74 bits per heavy atom. The Hall–Kier alpha value is -1.79. The lowest BCUT2D eigenvalue weighted by atomic mass is 9.64. The number of hydrogen-bond donors (Lipinski definition) is 1. The smallest absolute Gasteiger partial charge is 0.210 e. The van der Waals surface area contributed by atoms with Gasteiger partial charge >= 0.3 is 0 Å². The zero-order valence-electron chi connectivity index (χ0n) is 12.4. The number of sulfonamides is 1. The van der Waals surface area contributed by atoms with Crippen LogP contribution >= 0.6 is 0 Å². The van der Waals surface area contributed by atoms with E-state index in [2.05, 4.69) is 4.72 Å². The number of rotatable bonds is 5. The average Bonchev–Trinajstić information content (AvgIpc) is 2.46. The zero-order valence-corrected chi connectivity index (χ0v) is 13.2. The van der Waals surface area contributed by atoms with Crippen LogP contribution in [-0.4, -0.2) is 15.0 Å². The fourth-order valence-corrected chi connectivity index (χ4v) is 4.15. The first-order valence-electron chi connectivity index (χ1n) is 7.43. The molecular weight excluding hydrogens is 320 g/mol. The van der Waals surface area contributed by atoms with Crippen LogP contribution in [0.25, 0.3) is 0 Å². The molecule has 0 unspecified atom stereocenters. The summed E-state index contributed by atoms with van der Waals surface area (Å²) in [6.45, 7) is 0.205. The lowest BCUT2D eigenvalue weighted by Crippen LogP contribution is -2.45. The molecule has 2 aromatic rings. The first kappa shape index (κ1) is 16.1. The summed E-state index contributed by atoms with van der Waals surface area (Å²) in [7, 11) is -4.02. The summed E-state index contributed by atoms with van der Waals surface area (Å²) in [5, 5.41) is 0. The molecule has 0 radical (unpaired) electrons. The molecule has 0 aliphatic heterocycles. The molecule has 3 rings (SSSR count). The molecule has 1 N–H and O–H groups in total. The van der Waals surface area contributed by atoms with Crippen molar-refractivity contribution in [2.45, 2.75) is 29.6 Å². The molecule has 0 bridgehead atoms. The molecule has 0 spiro atoms. The van der Waals surface area contributed by atoms with Crippen molar-refractivity contribution < 1.29 is 17.2 Å². The lowest BCUT2D eigenvalue weighted by molar-refractivity contribution is 0.245. The highest BCUT2D eigenvalue weighted by Gasteiger charge is 2.39. The van der Waals surface area contributed by atoms with Gasteiger partial charge in [0, 0.05) is 18.0 Å². The first-order valence-corrected chi connectivity index (χ1v) is 8.92. The van der Waals surface area contributed by atoms with Gasteiger partial charge in [-0.2, -0.15) is 0 Å². The van der Waals surface area contributed by atoms with Crippen LogP contribution in [-0.2, 0) is 15.4 Å². The lowest BCUT2D eigenvalue weighted by Gasteiger charge is -2.42. The van der Waals surface area contributed by atoms with Crippen molar-refractivity contribution in [3.05, 3.63) is 65.7 Å². The Bertz CT molecular complexity index is 803. The molecule has 3 nitrogen and oxygen atoms in total. The predicted molar refractivity (Wildman–Crippen MR) is 83.5 cm³/mol. The third-order valence-corrected chi connectivity index (χ3v) is 5.92. The zero-order chi connectivity index (χ0) is 16.5. The first-order chi connectivity index (χ1) is 10.9. The summed E-state index contributed by atoms with van der Waals surface area (Å²) < 4.78 is 53.8. The summed E-state index contributed by atoms with van der Waals surface area (Å²) in [6, 6.07) is 12.2. The second-order valence-electron chi connectivity index (χ2n) is 5.90. The molecule has 0 saturated heterocycles. The summed E-state index contributed by atoms with van der Waals surface area (Å²) >= 11 is 0. The van der Waals surface area contributed by atoms with Crippen molar-refractivity contribution in [2.24, 2.45) is 0 Å². The highest BCUT2D eigenvalue weighted by molar-refractivity contribution is 7.89. The van der Waals surface area contributed by atoms with E-state index in [9.17, 15) is 17.2 Å². The van der Waals surface area contributed by atoms with Crippen molar-refractivity contribution in [1.82, 2.24) is 4.72 Å². The van der Waals surface area contributed by atoms with E-state index in [0.717, 1.165) is 37.0 Å². The largest absolute Gasteiger partial charge is 0.243 e. The number of benzene rings is 2. The second-order valence-corrected chi connectivity index (χ2v) is 7.63. The Morgan fingerprint density at radius 1 is 1.04 bits per heavy atom. The summed E-state index contributed by atoms with van der Waals surface area (Å²) in [6.07, 6.45) is 2.79. The molecule has 1 aliphatic rings. The van der Waals surface area contributed by atoms with Crippen molar-refractivity contribution >= 4 is 10.0 Å². The molecule has 1 fully saturated rings. The van der Waals surface area contributed by atoms with E-state index in [4.69, 9.17) is 0 Å². The van der Waals surface area contributed by atoms with E-state index < -0.39 is 26.6 Å². The molecule has 0 amide bonds. The molecule has 0 atom stereocenters. The maximum atomic E-state index is 13.7. The van der Waals surface area contributed by atoms with Gasteiger partial charge in [-0.1, -0.05) is 36.8 Å². The van der Waals surface area contributed by atoms with E-state index in [-0.39, 0.29) is 12.0 Å². The third kappa shape index (κ3) is 3.14. The van der Waals surface area contributed by atoms with Gasteiger partial charge in [-0.25, -0.2) is 21.9 Å². The maximum Gasteiger partial charge on any atom is 0.243 e. The van der Waals surface area contributed by atoms with Gasteiger partial charge in [0.15, 0.2) is 0 Å². The van der Waals surface area contributed by atoms with Crippen LogP contribution in [0.2, 0.25) is 0 Å². The van der Waals surface area contributed by atoms with Gasteiger partial charge in [0.05, 0.1) is 0 Å². The normalized spacial score (nSPS) is 16.8. The third-order valence-electron chi connectivity index (χ3n) is 4.48. The molecule has 0 aromatic heterocycles. The average molecular weight is 337 g/mol. The summed E-state index contributed by atoms with van der Waals surface area (Å²) in [5.74, 6) is -1.89. The number of nitrogens with one attached hydrogen (secondary N) is 1. The van der Waals surface area contributed by atoms with Crippen LogP contribution in [0.3, 0.4) is 0 Å². The Labute approximate surface area is 134 Å². The molecule has 6 heteroatoms. The number of hydrogen-bond acceptors (Lipinski definition) is 2. The second kappa shape index (κ2) is 6.02. The standard InChI is InChI=1S/C17H17F2NO2S/c18-14-7-8-16(15(19)11-14)23(21,22)20-12-17(9-4-10-17)13-5-2-1-3-6-13/h1-3,5-8,11,20H,4,9-10,12H2. The van der Waals surface area contributed by atoms with E-state index in [0.29, 0.717) is 6.07 Å². The van der Waals surface area contributed by atoms with Gasteiger partial charge in [-0.15, -0.1) is 0 Å². The highest BCUT2D eigenvalue weighted by Crippen LogP contribution is 2.43. The van der Waals surface area contributed by atoms with Crippen LogP contribution in [0.5, 0.6) is 0 Å². The molecular formula is C17H17F2NO2S. The SMILES string of the molecule is O=S(=O)(NCC1(c2ccccc2)CCC1)c1ccc(F)cc1F. The van der Waals surface area contributed by atoms with E-state index in [1.54, 1.807) is 0 Å².